The van der Waals surface area contributed by atoms with Gasteiger partial charge in [0.15, 0.2) is 0 Å². The lowest BCUT2D eigenvalue weighted by atomic mass is 10.1. The van der Waals surface area contributed by atoms with Crippen molar-refractivity contribution in [1.29, 1.82) is 0 Å². The molecule has 23 heavy (non-hydrogen) atoms. The van der Waals surface area contributed by atoms with E-state index in [1.807, 2.05) is 12.1 Å². The number of methoxy groups -OCH3 is 2. The summed E-state index contributed by atoms with van der Waals surface area (Å²) in [4.78, 5) is 23.8. The number of hydrogen-bond acceptors (Lipinski definition) is 5. The van der Waals surface area contributed by atoms with Crippen molar-refractivity contribution >= 4 is 75.3 Å². The molecule has 3 rings (SSSR count). The van der Waals surface area contributed by atoms with Crippen LogP contribution in [-0.4, -0.2) is 26.2 Å². The van der Waals surface area contributed by atoms with Gasteiger partial charge in [-0.3, -0.25) is 0 Å². The number of carbonyl (C=O) groups excluding carboxylic acids is 2. The van der Waals surface area contributed by atoms with E-state index < -0.39 is 11.9 Å². The Balaban J connectivity index is 2.34. The highest BCUT2D eigenvalue weighted by Gasteiger charge is 2.18. The highest BCUT2D eigenvalue weighted by molar-refractivity contribution is 9.10. The fraction of sp³-hybridized carbons (Fsp3) is 0.125. The second-order valence-electron chi connectivity index (χ2n) is 4.74. The fourth-order valence-corrected chi connectivity index (χ4v) is 4.81. The maximum atomic E-state index is 11.9. The van der Waals surface area contributed by atoms with Gasteiger partial charge in [-0.25, -0.2) is 9.59 Å². The first kappa shape index (κ1) is 16.4. The van der Waals surface area contributed by atoms with Crippen LogP contribution >= 0.6 is 43.2 Å². The predicted molar refractivity (Wildman–Crippen MR) is 97.4 cm³/mol. The van der Waals surface area contributed by atoms with Gasteiger partial charge in [0.1, 0.15) is 0 Å². The molecule has 0 unspecified atom stereocenters. The van der Waals surface area contributed by atoms with Crippen molar-refractivity contribution in [2.45, 2.75) is 0 Å². The summed E-state index contributed by atoms with van der Waals surface area (Å²) >= 11 is 8.39. The monoisotopic (exact) mass is 456 g/mol. The molecular weight excluding hydrogens is 448 g/mol. The number of fused-ring (bicyclic) bond motifs is 3. The van der Waals surface area contributed by atoms with Crippen LogP contribution in [-0.2, 0) is 9.47 Å². The number of benzene rings is 2. The average Bonchev–Trinajstić information content (AvgIpc) is 2.87. The lowest BCUT2D eigenvalue weighted by molar-refractivity contribution is 0.0591. The van der Waals surface area contributed by atoms with Crippen molar-refractivity contribution in [2.24, 2.45) is 0 Å². The molecule has 0 radical (unpaired) electrons. The predicted octanol–water partition coefficient (Wildman–Crippen LogP) is 5.15. The Morgan fingerprint density at radius 3 is 1.57 bits per heavy atom. The van der Waals surface area contributed by atoms with E-state index >= 15 is 0 Å². The van der Waals surface area contributed by atoms with Crippen LogP contribution in [0.5, 0.6) is 0 Å². The molecule has 0 fully saturated rings. The van der Waals surface area contributed by atoms with Gasteiger partial charge in [-0.05, 0) is 56.1 Å². The Bertz CT molecular complexity index is 886. The average molecular weight is 458 g/mol. The zero-order valence-electron chi connectivity index (χ0n) is 12.1. The first-order valence-corrected chi connectivity index (χ1v) is 8.88. The number of ether oxygens (including phenoxy) is 2. The zero-order valence-corrected chi connectivity index (χ0v) is 16.1. The largest absolute Gasteiger partial charge is 0.465 e. The number of carbonyl (C=O) groups is 2. The van der Waals surface area contributed by atoms with Gasteiger partial charge < -0.3 is 9.47 Å². The van der Waals surface area contributed by atoms with E-state index in [0.29, 0.717) is 20.1 Å². The minimum absolute atomic E-state index is 0.413. The molecule has 0 saturated carbocycles. The lowest BCUT2D eigenvalue weighted by Gasteiger charge is -2.04. The minimum atomic E-state index is -0.413. The molecule has 7 heteroatoms. The van der Waals surface area contributed by atoms with E-state index in [1.165, 1.54) is 14.2 Å². The van der Waals surface area contributed by atoms with Crippen molar-refractivity contribution in [3.63, 3.8) is 0 Å². The number of esters is 2. The van der Waals surface area contributed by atoms with Crippen LogP contribution in [0.15, 0.2) is 33.2 Å². The molecule has 0 bridgehead atoms. The molecule has 1 aromatic heterocycles. The molecule has 4 nitrogen and oxygen atoms in total. The van der Waals surface area contributed by atoms with Gasteiger partial charge in [0.2, 0.25) is 0 Å². The van der Waals surface area contributed by atoms with E-state index in [-0.39, 0.29) is 0 Å². The van der Waals surface area contributed by atoms with Gasteiger partial charge in [-0.1, -0.05) is 0 Å². The maximum absolute atomic E-state index is 11.9. The summed E-state index contributed by atoms with van der Waals surface area (Å²) in [6, 6.07) is 7.33. The fourth-order valence-electron chi connectivity index (χ4n) is 2.35. The number of halogens is 2. The number of rotatable bonds is 2. The van der Waals surface area contributed by atoms with Gasteiger partial charge in [-0.15, -0.1) is 11.3 Å². The third kappa shape index (κ3) is 2.77. The first-order valence-electron chi connectivity index (χ1n) is 6.48. The molecule has 0 N–H and O–H groups in total. The third-order valence-corrected chi connectivity index (χ3v) is 5.89. The Morgan fingerprint density at radius 2 is 1.22 bits per heavy atom. The Labute approximate surface area is 152 Å². The van der Waals surface area contributed by atoms with Crippen LogP contribution in [0.25, 0.3) is 20.2 Å². The molecule has 0 aliphatic rings. The first-order chi connectivity index (χ1) is 11.0. The molecule has 1 heterocycles. The quantitative estimate of drug-likeness (QED) is 0.499. The summed E-state index contributed by atoms with van der Waals surface area (Å²) in [6.07, 6.45) is 0. The second kappa shape index (κ2) is 6.22. The molecule has 0 aliphatic heterocycles. The van der Waals surface area contributed by atoms with E-state index in [9.17, 15) is 9.59 Å². The highest BCUT2D eigenvalue weighted by Crippen LogP contribution is 2.39. The van der Waals surface area contributed by atoms with E-state index in [1.54, 1.807) is 23.5 Å². The molecule has 0 spiro atoms. The molecule has 0 amide bonds. The minimum Gasteiger partial charge on any atom is -0.465 e. The molecule has 0 aliphatic carbocycles. The maximum Gasteiger partial charge on any atom is 0.339 e. The van der Waals surface area contributed by atoms with Crippen molar-refractivity contribution < 1.29 is 19.1 Å². The highest BCUT2D eigenvalue weighted by atomic mass is 79.9. The lowest BCUT2D eigenvalue weighted by Crippen LogP contribution is -2.02. The van der Waals surface area contributed by atoms with Crippen LogP contribution < -0.4 is 0 Å². The normalized spacial score (nSPS) is 11.0. The summed E-state index contributed by atoms with van der Waals surface area (Å²) in [5.74, 6) is -0.827. The molecular formula is C16H10Br2O4S. The standard InChI is InChI=1S/C16H10Br2O4S/c1-21-15(19)9-3-7-8-4-10(16(20)22-2)12(18)6-14(8)23-13(7)5-11(9)17/h3-6H,1-2H3. The van der Waals surface area contributed by atoms with Crippen molar-refractivity contribution in [3.05, 3.63) is 44.3 Å². The summed E-state index contributed by atoms with van der Waals surface area (Å²) in [7, 11) is 2.69. The molecule has 3 aromatic rings. The van der Waals surface area contributed by atoms with Gasteiger partial charge in [0.25, 0.3) is 0 Å². The van der Waals surface area contributed by atoms with Crippen LogP contribution in [0.1, 0.15) is 20.7 Å². The molecule has 2 aromatic carbocycles. The molecule has 118 valence electrons. The SMILES string of the molecule is COC(=O)c1cc2c(cc1Br)sc1cc(Br)c(C(=O)OC)cc12. The van der Waals surface area contributed by atoms with Crippen molar-refractivity contribution in [2.75, 3.05) is 14.2 Å². The van der Waals surface area contributed by atoms with Crippen LogP contribution in [0.4, 0.5) is 0 Å². The Kier molecular flexibility index (Phi) is 4.44. The van der Waals surface area contributed by atoms with Crippen molar-refractivity contribution in [3.8, 4) is 0 Å². The van der Waals surface area contributed by atoms with Crippen LogP contribution in [0, 0.1) is 0 Å². The smallest absolute Gasteiger partial charge is 0.339 e. The van der Waals surface area contributed by atoms with Gasteiger partial charge in [0.05, 0.1) is 25.3 Å². The molecule has 0 saturated heterocycles. The summed E-state index contributed by atoms with van der Waals surface area (Å²) in [5, 5.41) is 1.79. The second-order valence-corrected chi connectivity index (χ2v) is 7.53. The molecule has 0 atom stereocenters. The number of thiophene rings is 1. The number of hydrogen-bond donors (Lipinski definition) is 0. The summed E-state index contributed by atoms with van der Waals surface area (Å²) < 4.78 is 13.0. The summed E-state index contributed by atoms with van der Waals surface area (Å²) in [5.41, 5.74) is 0.893. The van der Waals surface area contributed by atoms with E-state index in [0.717, 1.165) is 20.2 Å². The van der Waals surface area contributed by atoms with Crippen LogP contribution in [0.3, 0.4) is 0 Å². The van der Waals surface area contributed by atoms with E-state index in [2.05, 4.69) is 31.9 Å². The van der Waals surface area contributed by atoms with Gasteiger partial charge in [0, 0.05) is 29.1 Å². The van der Waals surface area contributed by atoms with Crippen LogP contribution in [0.2, 0.25) is 0 Å². The summed E-state index contributed by atoms with van der Waals surface area (Å²) in [6.45, 7) is 0. The van der Waals surface area contributed by atoms with Gasteiger partial charge in [-0.2, -0.15) is 0 Å². The Morgan fingerprint density at radius 1 is 0.826 bits per heavy atom. The third-order valence-electron chi connectivity index (χ3n) is 3.46. The Hall–Kier alpha value is -1.44. The van der Waals surface area contributed by atoms with Crippen molar-refractivity contribution in [1.82, 2.24) is 0 Å². The topological polar surface area (TPSA) is 52.6 Å². The zero-order chi connectivity index (χ0) is 16.7. The van der Waals surface area contributed by atoms with E-state index in [4.69, 9.17) is 9.47 Å². The van der Waals surface area contributed by atoms with Gasteiger partial charge >= 0.3 is 11.9 Å².